The lowest BCUT2D eigenvalue weighted by Crippen LogP contribution is -2.05. The van der Waals surface area contributed by atoms with Crippen molar-refractivity contribution in [2.45, 2.75) is 11.1 Å². The summed E-state index contributed by atoms with van der Waals surface area (Å²) >= 11 is 5.31. The normalized spacial score (nSPS) is 11.5. The molecule has 0 aliphatic rings. The zero-order valence-corrected chi connectivity index (χ0v) is 9.65. The molecule has 6 heteroatoms. The number of benzene rings is 1. The summed E-state index contributed by atoms with van der Waals surface area (Å²) in [5, 5.41) is 0. The Morgan fingerprint density at radius 1 is 1.36 bits per heavy atom. The summed E-state index contributed by atoms with van der Waals surface area (Å²) in [6.07, 6.45) is -4.40. The summed E-state index contributed by atoms with van der Waals surface area (Å²) in [5.41, 5.74) is -0.620. The molecule has 76 valence electrons. The van der Waals surface area contributed by atoms with Crippen LogP contribution in [-0.4, -0.2) is 3.79 Å². The number of carbonyl (C=O) groups is 1. The van der Waals surface area contributed by atoms with Gasteiger partial charge >= 0.3 is 6.18 Å². The van der Waals surface area contributed by atoms with E-state index in [0.29, 0.717) is 0 Å². The first-order valence-electron chi connectivity index (χ1n) is 3.42. The number of carbonyl (C=O) groups excluding carboxylic acids is 1. The van der Waals surface area contributed by atoms with E-state index in [1.165, 1.54) is 22.6 Å². The average molecular weight is 332 g/mol. The monoisotopic (exact) mass is 332 g/mol. The van der Waals surface area contributed by atoms with Crippen LogP contribution < -0.4 is 0 Å². The van der Waals surface area contributed by atoms with Crippen LogP contribution >= 0.6 is 35.2 Å². The smallest absolute Gasteiger partial charge is 0.282 e. The minimum absolute atomic E-state index is 0.0409. The second-order valence-electron chi connectivity index (χ2n) is 2.50. The molecule has 0 fully saturated rings. The van der Waals surface area contributed by atoms with E-state index >= 15 is 0 Å². The zero-order valence-electron chi connectivity index (χ0n) is 6.60. The first kappa shape index (κ1) is 11.8. The molecule has 0 aliphatic heterocycles. The molecular formula is C8H4F3IOS. The van der Waals surface area contributed by atoms with E-state index in [9.17, 15) is 18.0 Å². The van der Waals surface area contributed by atoms with E-state index in [2.05, 4.69) is 12.6 Å². The van der Waals surface area contributed by atoms with Gasteiger partial charge in [0, 0.05) is 33.0 Å². The maximum Gasteiger partial charge on any atom is 0.416 e. The molecule has 1 aromatic carbocycles. The molecule has 0 aromatic heterocycles. The predicted molar refractivity (Wildman–Crippen MR) is 57.0 cm³/mol. The van der Waals surface area contributed by atoms with E-state index in [-0.39, 0.29) is 14.2 Å². The van der Waals surface area contributed by atoms with Crippen LogP contribution in [0.2, 0.25) is 0 Å². The second kappa shape index (κ2) is 4.09. The lowest BCUT2D eigenvalue weighted by Gasteiger charge is -2.08. The quantitative estimate of drug-likeness (QED) is 0.473. The van der Waals surface area contributed by atoms with Gasteiger partial charge in [0.25, 0.3) is 0 Å². The minimum atomic E-state index is -4.40. The SMILES string of the molecule is O=C(I)c1ccc(C(F)(F)F)cc1S. The van der Waals surface area contributed by atoms with Gasteiger partial charge in [-0.15, -0.1) is 12.6 Å². The summed E-state index contributed by atoms with van der Waals surface area (Å²) in [5.74, 6) is 0. The van der Waals surface area contributed by atoms with Gasteiger partial charge in [0.1, 0.15) is 0 Å². The van der Waals surface area contributed by atoms with Crippen molar-refractivity contribution in [1.82, 2.24) is 0 Å². The second-order valence-corrected chi connectivity index (χ2v) is 3.96. The van der Waals surface area contributed by atoms with Crippen LogP contribution in [0.3, 0.4) is 0 Å². The van der Waals surface area contributed by atoms with Crippen LogP contribution in [0, 0.1) is 0 Å². The van der Waals surface area contributed by atoms with Gasteiger partial charge in [-0.1, -0.05) is 0 Å². The zero-order chi connectivity index (χ0) is 10.9. The first-order valence-corrected chi connectivity index (χ1v) is 4.95. The number of alkyl halides is 3. The fourth-order valence-electron chi connectivity index (χ4n) is 0.874. The van der Waals surface area contributed by atoms with E-state index in [0.717, 1.165) is 18.2 Å². The Bertz CT molecular complexity index is 375. The molecular weight excluding hydrogens is 328 g/mol. The van der Waals surface area contributed by atoms with Crippen LogP contribution in [0.4, 0.5) is 13.2 Å². The molecule has 0 spiro atoms. The lowest BCUT2D eigenvalue weighted by atomic mass is 10.1. The largest absolute Gasteiger partial charge is 0.416 e. The van der Waals surface area contributed by atoms with Crippen molar-refractivity contribution in [2.24, 2.45) is 0 Å². The molecule has 0 aliphatic carbocycles. The third-order valence-electron chi connectivity index (χ3n) is 1.54. The Morgan fingerprint density at radius 3 is 2.29 bits per heavy atom. The van der Waals surface area contributed by atoms with Crippen LogP contribution in [0.5, 0.6) is 0 Å². The molecule has 0 unspecified atom stereocenters. The molecule has 1 nitrogen and oxygen atoms in total. The first-order chi connectivity index (χ1) is 6.32. The van der Waals surface area contributed by atoms with Crippen molar-refractivity contribution in [3.8, 4) is 0 Å². The maximum atomic E-state index is 12.2. The van der Waals surface area contributed by atoms with E-state index in [4.69, 9.17) is 0 Å². The van der Waals surface area contributed by atoms with Crippen molar-refractivity contribution in [2.75, 3.05) is 0 Å². The molecule has 1 aromatic rings. The maximum absolute atomic E-state index is 12.2. The number of thiol groups is 1. The van der Waals surface area contributed by atoms with Gasteiger partial charge in [-0.2, -0.15) is 13.2 Å². The van der Waals surface area contributed by atoms with Gasteiger partial charge in [0.05, 0.1) is 5.56 Å². The van der Waals surface area contributed by atoms with Gasteiger partial charge in [0.15, 0.2) is 0 Å². The van der Waals surface area contributed by atoms with Gasteiger partial charge in [-0.3, -0.25) is 4.79 Å². The lowest BCUT2D eigenvalue weighted by molar-refractivity contribution is -0.137. The molecule has 0 N–H and O–H groups in total. The molecule has 0 heterocycles. The van der Waals surface area contributed by atoms with Gasteiger partial charge in [-0.25, -0.2) is 0 Å². The fourth-order valence-corrected chi connectivity index (χ4v) is 1.87. The number of hydrogen-bond donors (Lipinski definition) is 1. The Hall–Kier alpha value is -0.240. The van der Waals surface area contributed by atoms with Crippen molar-refractivity contribution >= 4 is 39.0 Å². The average Bonchev–Trinajstić information content (AvgIpc) is 2.01. The molecule has 0 saturated heterocycles. The molecule has 1 rings (SSSR count). The molecule has 0 bridgehead atoms. The number of hydrogen-bond acceptors (Lipinski definition) is 2. The standard InChI is InChI=1S/C8H4F3IOS/c9-8(10,11)4-1-2-5(7(12)13)6(14)3-4/h1-3,14H. The van der Waals surface area contributed by atoms with Gasteiger partial charge < -0.3 is 0 Å². The number of rotatable bonds is 1. The van der Waals surface area contributed by atoms with Crippen LogP contribution in [0.1, 0.15) is 15.9 Å². The summed E-state index contributed by atoms with van der Waals surface area (Å²) in [4.78, 5) is 10.9. The van der Waals surface area contributed by atoms with Crippen LogP contribution in [0.15, 0.2) is 23.1 Å². The van der Waals surface area contributed by atoms with Crippen molar-refractivity contribution in [3.05, 3.63) is 29.3 Å². The molecule has 0 saturated carbocycles. The molecule has 0 radical (unpaired) electrons. The third kappa shape index (κ3) is 2.63. The predicted octanol–water partition coefficient (Wildman–Crippen LogP) is 3.57. The summed E-state index contributed by atoms with van der Waals surface area (Å²) in [6, 6.07) is 2.83. The van der Waals surface area contributed by atoms with Crippen LogP contribution in [0.25, 0.3) is 0 Å². The minimum Gasteiger partial charge on any atom is -0.282 e. The van der Waals surface area contributed by atoms with E-state index < -0.39 is 11.7 Å². The molecule has 0 amide bonds. The molecule has 14 heavy (non-hydrogen) atoms. The number of halogens is 4. The topological polar surface area (TPSA) is 17.1 Å². The van der Waals surface area contributed by atoms with Crippen molar-refractivity contribution < 1.29 is 18.0 Å². The highest BCUT2D eigenvalue weighted by atomic mass is 127. The van der Waals surface area contributed by atoms with E-state index in [1.807, 2.05) is 0 Å². The Balaban J connectivity index is 3.20. The Kier molecular flexibility index (Phi) is 3.46. The Morgan fingerprint density at radius 2 is 1.93 bits per heavy atom. The highest BCUT2D eigenvalue weighted by Gasteiger charge is 2.30. The fraction of sp³-hybridized carbons (Fsp3) is 0.125. The van der Waals surface area contributed by atoms with Crippen molar-refractivity contribution in [1.29, 1.82) is 0 Å². The molecule has 0 atom stereocenters. The van der Waals surface area contributed by atoms with Gasteiger partial charge in [-0.05, 0) is 18.2 Å². The van der Waals surface area contributed by atoms with Crippen molar-refractivity contribution in [3.63, 3.8) is 0 Å². The highest BCUT2D eigenvalue weighted by molar-refractivity contribution is 14.1. The summed E-state index contributed by atoms with van der Waals surface area (Å²) < 4.78 is 36.2. The van der Waals surface area contributed by atoms with E-state index in [1.54, 1.807) is 0 Å². The summed E-state index contributed by atoms with van der Waals surface area (Å²) in [7, 11) is 0. The van der Waals surface area contributed by atoms with Gasteiger partial charge in [0.2, 0.25) is 3.79 Å². The highest BCUT2D eigenvalue weighted by Crippen LogP contribution is 2.31. The van der Waals surface area contributed by atoms with Crippen LogP contribution in [-0.2, 0) is 6.18 Å². The Labute approximate surface area is 97.2 Å². The summed E-state index contributed by atoms with van der Waals surface area (Å²) in [6.45, 7) is 0. The third-order valence-corrected chi connectivity index (χ3v) is 2.49.